The van der Waals surface area contributed by atoms with Crippen LogP contribution in [-0.2, 0) is 22.7 Å². The van der Waals surface area contributed by atoms with Crippen LogP contribution in [0.2, 0.25) is 5.15 Å². The Morgan fingerprint density at radius 3 is 2.31 bits per heavy atom. The van der Waals surface area contributed by atoms with Crippen LogP contribution < -0.4 is 5.32 Å². The zero-order chi connectivity index (χ0) is 21.0. The average molecular weight is 439 g/mol. The molecule has 2 aromatic carbocycles. The molecule has 3 rings (SSSR count). The summed E-state index contributed by atoms with van der Waals surface area (Å²) in [5.41, 5.74) is 0.168. The Morgan fingerprint density at radius 1 is 1.03 bits per heavy atom. The van der Waals surface area contributed by atoms with Gasteiger partial charge in [-0.1, -0.05) is 41.9 Å². The van der Waals surface area contributed by atoms with Crippen LogP contribution in [0.3, 0.4) is 0 Å². The molecule has 29 heavy (non-hydrogen) atoms. The number of hydrogen-bond acceptors (Lipinski definition) is 3. The molecule has 1 amide bonds. The van der Waals surface area contributed by atoms with Crippen molar-refractivity contribution in [3.05, 3.63) is 88.7 Å². The van der Waals surface area contributed by atoms with E-state index in [1.54, 1.807) is 24.3 Å². The minimum absolute atomic E-state index is 0.0409. The Bertz CT molecular complexity index is 1040. The molecular weight excluding hydrogens is 425 g/mol. The first-order valence-corrected chi connectivity index (χ1v) is 10.0. The summed E-state index contributed by atoms with van der Waals surface area (Å²) < 4.78 is 50.9. The minimum Gasteiger partial charge on any atom is -0.322 e. The summed E-state index contributed by atoms with van der Waals surface area (Å²) in [6.07, 6.45) is -3.17. The van der Waals surface area contributed by atoms with E-state index in [4.69, 9.17) is 11.6 Å². The van der Waals surface area contributed by atoms with Crippen molar-refractivity contribution in [2.45, 2.75) is 16.8 Å². The van der Waals surface area contributed by atoms with Gasteiger partial charge in [-0.3, -0.25) is 9.00 Å². The van der Waals surface area contributed by atoms with E-state index in [9.17, 15) is 22.2 Å². The molecule has 3 aromatic rings. The van der Waals surface area contributed by atoms with Crippen molar-refractivity contribution in [1.29, 1.82) is 0 Å². The number of alkyl halides is 3. The van der Waals surface area contributed by atoms with Gasteiger partial charge in [-0.15, -0.1) is 0 Å². The van der Waals surface area contributed by atoms with Gasteiger partial charge in [-0.25, -0.2) is 4.98 Å². The number of nitrogens with zero attached hydrogens (tertiary/aromatic N) is 1. The van der Waals surface area contributed by atoms with Crippen molar-refractivity contribution in [2.75, 3.05) is 5.32 Å². The molecular formula is C20H14ClF3N2O2S. The molecule has 0 aliphatic heterocycles. The number of carbonyl (C=O) groups is 1. The fourth-order valence-electron chi connectivity index (χ4n) is 2.56. The summed E-state index contributed by atoms with van der Waals surface area (Å²) in [7, 11) is -1.66. The number of halogens is 4. The summed E-state index contributed by atoms with van der Waals surface area (Å²) in [6.45, 7) is 0. The molecule has 0 bridgehead atoms. The maximum atomic E-state index is 12.8. The molecule has 0 aliphatic carbocycles. The Kier molecular flexibility index (Phi) is 6.34. The van der Waals surface area contributed by atoms with E-state index in [2.05, 4.69) is 10.3 Å². The highest BCUT2D eigenvalue weighted by Crippen LogP contribution is 2.30. The molecule has 150 valence electrons. The summed E-state index contributed by atoms with van der Waals surface area (Å²) in [6, 6.07) is 14.4. The second-order valence-electron chi connectivity index (χ2n) is 5.98. The number of aromatic nitrogens is 1. The number of benzene rings is 2. The van der Waals surface area contributed by atoms with Crippen molar-refractivity contribution in [3.63, 3.8) is 0 Å². The first-order chi connectivity index (χ1) is 13.8. The van der Waals surface area contributed by atoms with Crippen LogP contribution in [-0.4, -0.2) is 15.1 Å². The smallest absolute Gasteiger partial charge is 0.322 e. The van der Waals surface area contributed by atoms with Crippen molar-refractivity contribution in [1.82, 2.24) is 4.98 Å². The van der Waals surface area contributed by atoms with Crippen molar-refractivity contribution < 1.29 is 22.2 Å². The molecule has 1 atom stereocenters. The van der Waals surface area contributed by atoms with E-state index in [1.165, 1.54) is 12.3 Å². The molecule has 0 saturated carbocycles. The standard InChI is InChI=1S/C20H14ClF3N2O2S/c21-18-17(29(28)12-13-4-2-1-3-5-13)16(10-11-25-18)19(27)26-15-8-6-14(7-9-15)20(22,23)24/h1-11H,12H2,(H,26,27). The molecule has 0 saturated heterocycles. The van der Waals surface area contributed by atoms with Gasteiger partial charge in [0.15, 0.2) is 0 Å². The quantitative estimate of drug-likeness (QED) is 0.549. The zero-order valence-corrected chi connectivity index (χ0v) is 16.3. The van der Waals surface area contributed by atoms with Gasteiger partial charge in [-0.2, -0.15) is 13.2 Å². The maximum Gasteiger partial charge on any atom is 0.416 e. The fraction of sp³-hybridized carbons (Fsp3) is 0.100. The minimum atomic E-state index is -4.47. The lowest BCUT2D eigenvalue weighted by molar-refractivity contribution is -0.137. The number of rotatable bonds is 5. The van der Waals surface area contributed by atoms with E-state index >= 15 is 0 Å². The van der Waals surface area contributed by atoms with Crippen LogP contribution in [0.1, 0.15) is 21.5 Å². The van der Waals surface area contributed by atoms with Crippen LogP contribution in [0.5, 0.6) is 0 Å². The maximum absolute atomic E-state index is 12.8. The average Bonchev–Trinajstić information content (AvgIpc) is 2.68. The largest absolute Gasteiger partial charge is 0.416 e. The lowest BCUT2D eigenvalue weighted by Crippen LogP contribution is -2.16. The topological polar surface area (TPSA) is 59.1 Å². The normalized spacial score (nSPS) is 12.4. The first-order valence-electron chi connectivity index (χ1n) is 8.31. The SMILES string of the molecule is O=C(Nc1ccc(C(F)(F)F)cc1)c1ccnc(Cl)c1S(=O)Cc1ccccc1. The molecule has 0 radical (unpaired) electrons. The number of anilines is 1. The van der Waals surface area contributed by atoms with E-state index < -0.39 is 28.4 Å². The molecule has 0 fully saturated rings. The van der Waals surface area contributed by atoms with Crippen LogP contribution in [0, 0.1) is 0 Å². The van der Waals surface area contributed by atoms with Crippen LogP contribution in [0.4, 0.5) is 18.9 Å². The molecule has 0 spiro atoms. The molecule has 1 unspecified atom stereocenters. The summed E-state index contributed by atoms with van der Waals surface area (Å²) in [5, 5.41) is 2.43. The van der Waals surface area contributed by atoms with Crippen LogP contribution in [0.25, 0.3) is 0 Å². The Balaban J connectivity index is 1.84. The lowest BCUT2D eigenvalue weighted by Gasteiger charge is -2.12. The van der Waals surface area contributed by atoms with Crippen molar-refractivity contribution in [2.24, 2.45) is 0 Å². The van der Waals surface area contributed by atoms with Crippen molar-refractivity contribution in [3.8, 4) is 0 Å². The van der Waals surface area contributed by atoms with Gasteiger partial charge in [0.05, 0.1) is 32.6 Å². The van der Waals surface area contributed by atoms with Crippen molar-refractivity contribution >= 4 is 34.0 Å². The second-order valence-corrected chi connectivity index (χ2v) is 7.73. The van der Waals surface area contributed by atoms with E-state index in [0.29, 0.717) is 0 Å². The van der Waals surface area contributed by atoms with Gasteiger partial charge in [0.2, 0.25) is 0 Å². The Morgan fingerprint density at radius 2 is 1.69 bits per heavy atom. The number of nitrogens with one attached hydrogen (secondary N) is 1. The third-order valence-electron chi connectivity index (χ3n) is 3.94. The first kappa shape index (κ1) is 21.0. The third kappa shape index (κ3) is 5.21. The monoisotopic (exact) mass is 438 g/mol. The Hall–Kier alpha value is -2.71. The van der Waals surface area contributed by atoms with Crippen LogP contribution >= 0.6 is 11.6 Å². The van der Waals surface area contributed by atoms with Gasteiger partial charge in [0.1, 0.15) is 5.15 Å². The van der Waals surface area contributed by atoms with Gasteiger partial charge < -0.3 is 5.32 Å². The summed E-state index contributed by atoms with van der Waals surface area (Å²) in [4.78, 5) is 16.6. The third-order valence-corrected chi connectivity index (χ3v) is 5.81. The van der Waals surface area contributed by atoms with Crippen LogP contribution in [0.15, 0.2) is 71.8 Å². The van der Waals surface area contributed by atoms with Gasteiger partial charge in [0.25, 0.3) is 5.91 Å². The molecule has 1 N–H and O–H groups in total. The van der Waals surface area contributed by atoms with E-state index in [-0.39, 0.29) is 27.1 Å². The number of hydrogen-bond donors (Lipinski definition) is 1. The Labute approximate surface area is 172 Å². The van der Waals surface area contributed by atoms with E-state index in [1.807, 2.05) is 6.07 Å². The molecule has 0 aliphatic rings. The number of pyridine rings is 1. The fourth-order valence-corrected chi connectivity index (χ4v) is 4.26. The van der Waals surface area contributed by atoms with Gasteiger partial charge in [-0.05, 0) is 35.9 Å². The summed E-state index contributed by atoms with van der Waals surface area (Å²) >= 11 is 6.10. The zero-order valence-electron chi connectivity index (χ0n) is 14.7. The highest BCUT2D eigenvalue weighted by Gasteiger charge is 2.30. The molecule has 9 heteroatoms. The highest BCUT2D eigenvalue weighted by atomic mass is 35.5. The number of amides is 1. The highest BCUT2D eigenvalue weighted by molar-refractivity contribution is 7.84. The predicted octanol–water partition coefficient (Wildman–Crippen LogP) is 5.31. The van der Waals surface area contributed by atoms with Gasteiger partial charge in [0, 0.05) is 11.9 Å². The molecule has 1 aromatic heterocycles. The number of carbonyl (C=O) groups excluding carboxylic acids is 1. The predicted molar refractivity (Wildman–Crippen MR) is 105 cm³/mol. The van der Waals surface area contributed by atoms with E-state index in [0.717, 1.165) is 29.8 Å². The van der Waals surface area contributed by atoms with Gasteiger partial charge >= 0.3 is 6.18 Å². The summed E-state index contributed by atoms with van der Waals surface area (Å²) in [5.74, 6) is -0.516. The molecule has 4 nitrogen and oxygen atoms in total. The lowest BCUT2D eigenvalue weighted by atomic mass is 10.2. The molecule has 1 heterocycles. The second kappa shape index (κ2) is 8.75.